The summed E-state index contributed by atoms with van der Waals surface area (Å²) in [7, 11) is 0. The van der Waals surface area contributed by atoms with Crippen molar-refractivity contribution >= 4 is 11.8 Å². The average Bonchev–Trinajstić information content (AvgIpc) is 2.56. The van der Waals surface area contributed by atoms with Crippen LogP contribution in [0.25, 0.3) is 0 Å². The monoisotopic (exact) mass is 310 g/mol. The largest absolute Gasteiger partial charge is 0.368 e. The molecule has 4 heteroatoms. The Labute approximate surface area is 139 Å². The summed E-state index contributed by atoms with van der Waals surface area (Å²) in [6.07, 6.45) is 5.45. The third kappa shape index (κ3) is 4.44. The van der Waals surface area contributed by atoms with Gasteiger partial charge < -0.3 is 10.2 Å². The Bertz CT molecular complexity index is 604. The zero-order chi connectivity index (χ0) is 16.1. The lowest BCUT2D eigenvalue weighted by Gasteiger charge is -2.32. The first-order valence-corrected chi connectivity index (χ1v) is 8.59. The Morgan fingerprint density at radius 2 is 1.87 bits per heavy atom. The molecule has 1 saturated heterocycles. The van der Waals surface area contributed by atoms with Gasteiger partial charge in [-0.25, -0.2) is 4.98 Å². The van der Waals surface area contributed by atoms with E-state index in [9.17, 15) is 0 Å². The molecule has 0 radical (unpaired) electrons. The second-order valence-electron chi connectivity index (χ2n) is 6.66. The van der Waals surface area contributed by atoms with Crippen molar-refractivity contribution in [2.45, 2.75) is 39.2 Å². The minimum atomic E-state index is 0.384. The predicted octanol–water partition coefficient (Wildman–Crippen LogP) is 3.76. The van der Waals surface area contributed by atoms with Gasteiger partial charge in [-0.1, -0.05) is 30.3 Å². The molecule has 1 aliphatic rings. The van der Waals surface area contributed by atoms with E-state index in [0.717, 1.165) is 30.8 Å². The van der Waals surface area contributed by atoms with Crippen molar-refractivity contribution in [3.05, 3.63) is 48.2 Å². The lowest BCUT2D eigenvalue weighted by molar-refractivity contribution is 0.400. The first-order chi connectivity index (χ1) is 11.2. The summed E-state index contributed by atoms with van der Waals surface area (Å²) in [5.41, 5.74) is 1.45. The van der Waals surface area contributed by atoms with E-state index in [2.05, 4.69) is 64.4 Å². The van der Waals surface area contributed by atoms with Crippen molar-refractivity contribution in [1.82, 2.24) is 9.97 Å². The van der Waals surface area contributed by atoms with Gasteiger partial charge in [0.25, 0.3) is 0 Å². The van der Waals surface area contributed by atoms with Crippen LogP contribution in [0.4, 0.5) is 11.8 Å². The summed E-state index contributed by atoms with van der Waals surface area (Å²) in [5.74, 6) is 2.54. The number of rotatable bonds is 5. The highest BCUT2D eigenvalue weighted by Crippen LogP contribution is 2.24. The molecule has 0 amide bonds. The maximum absolute atomic E-state index is 4.65. The molecule has 0 aliphatic carbocycles. The Morgan fingerprint density at radius 1 is 1.13 bits per heavy atom. The van der Waals surface area contributed by atoms with Gasteiger partial charge in [-0.3, -0.25) is 0 Å². The molecule has 2 aromatic rings. The van der Waals surface area contributed by atoms with Gasteiger partial charge in [0.1, 0.15) is 5.82 Å². The topological polar surface area (TPSA) is 41.1 Å². The molecule has 2 heterocycles. The molecule has 1 aromatic heterocycles. The summed E-state index contributed by atoms with van der Waals surface area (Å²) in [6, 6.07) is 13.1. The fourth-order valence-electron chi connectivity index (χ4n) is 3.16. The second kappa shape index (κ2) is 7.44. The number of hydrogen-bond donors (Lipinski definition) is 1. The van der Waals surface area contributed by atoms with Crippen LogP contribution in [-0.4, -0.2) is 29.1 Å². The first-order valence-electron chi connectivity index (χ1n) is 8.59. The standard InChI is InChI=1S/C19H26N4/c1-15(2)21-18-8-11-20-19(22-18)23-12-9-17(10-13-23)14-16-6-4-3-5-7-16/h3-8,11,15,17H,9-10,12-14H2,1-2H3,(H,20,21,22). The Morgan fingerprint density at radius 3 is 2.57 bits per heavy atom. The minimum Gasteiger partial charge on any atom is -0.368 e. The maximum atomic E-state index is 4.65. The van der Waals surface area contributed by atoms with Crippen LogP contribution < -0.4 is 10.2 Å². The summed E-state index contributed by atoms with van der Waals surface area (Å²) < 4.78 is 0. The lowest BCUT2D eigenvalue weighted by atomic mass is 9.90. The van der Waals surface area contributed by atoms with Crippen molar-refractivity contribution in [3.63, 3.8) is 0 Å². The van der Waals surface area contributed by atoms with E-state index in [1.165, 1.54) is 24.8 Å². The Balaban J connectivity index is 1.56. The fourth-order valence-corrected chi connectivity index (χ4v) is 3.16. The number of anilines is 2. The normalized spacial score (nSPS) is 15.9. The quantitative estimate of drug-likeness (QED) is 0.913. The van der Waals surface area contributed by atoms with Crippen molar-refractivity contribution in [2.24, 2.45) is 5.92 Å². The molecule has 0 atom stereocenters. The van der Waals surface area contributed by atoms with Gasteiger partial charge in [-0.15, -0.1) is 0 Å². The summed E-state index contributed by atoms with van der Waals surface area (Å²) >= 11 is 0. The summed E-state index contributed by atoms with van der Waals surface area (Å²) in [4.78, 5) is 11.4. The van der Waals surface area contributed by atoms with Gasteiger partial charge in [0.2, 0.25) is 5.95 Å². The highest BCUT2D eigenvalue weighted by atomic mass is 15.3. The number of aromatic nitrogens is 2. The highest BCUT2D eigenvalue weighted by Gasteiger charge is 2.21. The van der Waals surface area contributed by atoms with Gasteiger partial charge in [0.05, 0.1) is 0 Å². The molecule has 0 spiro atoms. The van der Waals surface area contributed by atoms with Crippen molar-refractivity contribution < 1.29 is 0 Å². The van der Waals surface area contributed by atoms with Crippen LogP contribution in [0.15, 0.2) is 42.6 Å². The number of hydrogen-bond acceptors (Lipinski definition) is 4. The van der Waals surface area contributed by atoms with Gasteiger partial charge in [0, 0.05) is 25.3 Å². The van der Waals surface area contributed by atoms with Gasteiger partial charge in [-0.05, 0) is 50.7 Å². The van der Waals surface area contributed by atoms with Gasteiger partial charge in [-0.2, -0.15) is 4.98 Å². The third-order valence-electron chi connectivity index (χ3n) is 4.34. The van der Waals surface area contributed by atoms with Gasteiger partial charge in [0.15, 0.2) is 0 Å². The van der Waals surface area contributed by atoms with E-state index in [0.29, 0.717) is 6.04 Å². The molecule has 1 aromatic carbocycles. The number of nitrogens with zero attached hydrogens (tertiary/aromatic N) is 3. The molecule has 122 valence electrons. The van der Waals surface area contributed by atoms with Crippen LogP contribution in [0.1, 0.15) is 32.3 Å². The number of piperidine rings is 1. The summed E-state index contributed by atoms with van der Waals surface area (Å²) in [6.45, 7) is 6.33. The van der Waals surface area contributed by atoms with E-state index in [4.69, 9.17) is 0 Å². The summed E-state index contributed by atoms with van der Waals surface area (Å²) in [5, 5.41) is 3.35. The van der Waals surface area contributed by atoms with E-state index in [-0.39, 0.29) is 0 Å². The predicted molar refractivity (Wildman–Crippen MR) is 95.9 cm³/mol. The molecular formula is C19H26N4. The molecule has 0 bridgehead atoms. The zero-order valence-electron chi connectivity index (χ0n) is 14.1. The third-order valence-corrected chi connectivity index (χ3v) is 4.34. The lowest BCUT2D eigenvalue weighted by Crippen LogP contribution is -2.35. The molecule has 23 heavy (non-hydrogen) atoms. The van der Waals surface area contributed by atoms with Crippen LogP contribution in [-0.2, 0) is 6.42 Å². The van der Waals surface area contributed by atoms with E-state index in [1.807, 2.05) is 12.3 Å². The van der Waals surface area contributed by atoms with Crippen molar-refractivity contribution in [1.29, 1.82) is 0 Å². The van der Waals surface area contributed by atoms with Crippen molar-refractivity contribution in [2.75, 3.05) is 23.3 Å². The van der Waals surface area contributed by atoms with Crippen molar-refractivity contribution in [3.8, 4) is 0 Å². The van der Waals surface area contributed by atoms with Crippen LogP contribution in [0.3, 0.4) is 0 Å². The molecule has 0 unspecified atom stereocenters. The minimum absolute atomic E-state index is 0.384. The average molecular weight is 310 g/mol. The number of benzene rings is 1. The molecule has 1 N–H and O–H groups in total. The second-order valence-corrected chi connectivity index (χ2v) is 6.66. The Kier molecular flexibility index (Phi) is 5.11. The first kappa shape index (κ1) is 15.8. The molecular weight excluding hydrogens is 284 g/mol. The van der Waals surface area contributed by atoms with Crippen LogP contribution in [0.2, 0.25) is 0 Å². The fraction of sp³-hybridized carbons (Fsp3) is 0.474. The van der Waals surface area contributed by atoms with E-state index >= 15 is 0 Å². The van der Waals surface area contributed by atoms with E-state index < -0.39 is 0 Å². The smallest absolute Gasteiger partial charge is 0.227 e. The molecule has 0 saturated carbocycles. The maximum Gasteiger partial charge on any atom is 0.227 e. The van der Waals surface area contributed by atoms with Crippen LogP contribution in [0, 0.1) is 5.92 Å². The zero-order valence-corrected chi connectivity index (χ0v) is 14.1. The molecule has 1 fully saturated rings. The SMILES string of the molecule is CC(C)Nc1ccnc(N2CCC(Cc3ccccc3)CC2)n1. The van der Waals surface area contributed by atoms with Crippen LogP contribution >= 0.6 is 0 Å². The molecule has 1 aliphatic heterocycles. The highest BCUT2D eigenvalue weighted by molar-refractivity contribution is 5.42. The van der Waals surface area contributed by atoms with Crippen LogP contribution in [0.5, 0.6) is 0 Å². The molecule has 4 nitrogen and oxygen atoms in total. The molecule has 3 rings (SSSR count). The van der Waals surface area contributed by atoms with Gasteiger partial charge >= 0.3 is 0 Å². The Hall–Kier alpha value is -2.10. The van der Waals surface area contributed by atoms with E-state index in [1.54, 1.807) is 0 Å². The number of nitrogens with one attached hydrogen (secondary N) is 1.